The zero-order chi connectivity index (χ0) is 19.0. The van der Waals surface area contributed by atoms with Crippen molar-refractivity contribution in [2.75, 3.05) is 11.9 Å². The second-order valence-corrected chi connectivity index (χ2v) is 6.76. The highest BCUT2D eigenvalue weighted by Crippen LogP contribution is 2.34. The van der Waals surface area contributed by atoms with E-state index < -0.39 is 0 Å². The van der Waals surface area contributed by atoms with Gasteiger partial charge >= 0.3 is 0 Å². The number of benzene rings is 2. The number of aryl methyl sites for hydroxylation is 1. The molecule has 0 aliphatic heterocycles. The molecule has 6 nitrogen and oxygen atoms in total. The minimum Gasteiger partial charge on any atom is -0.508 e. The summed E-state index contributed by atoms with van der Waals surface area (Å²) in [6.07, 6.45) is 2.01. The van der Waals surface area contributed by atoms with E-state index in [-0.39, 0.29) is 17.4 Å². The monoisotopic (exact) mass is 352 g/mol. The van der Waals surface area contributed by atoms with Crippen LogP contribution in [0.2, 0.25) is 0 Å². The van der Waals surface area contributed by atoms with Crippen LogP contribution in [0, 0.1) is 0 Å². The molecule has 0 fully saturated rings. The smallest absolute Gasteiger partial charge is 0.163 e. The molecule has 0 unspecified atom stereocenters. The van der Waals surface area contributed by atoms with Gasteiger partial charge in [0, 0.05) is 42.9 Å². The lowest BCUT2D eigenvalue weighted by Gasteiger charge is -2.23. The number of amidine groups is 1. The van der Waals surface area contributed by atoms with Crippen LogP contribution in [0.3, 0.4) is 0 Å². The van der Waals surface area contributed by atoms with Gasteiger partial charge in [0.15, 0.2) is 5.84 Å². The minimum absolute atomic E-state index is 0.0611. The fourth-order valence-corrected chi connectivity index (χ4v) is 3.17. The molecule has 0 amide bonds. The molecule has 2 aromatic carbocycles. The van der Waals surface area contributed by atoms with Gasteiger partial charge in [-0.05, 0) is 41.8 Å². The summed E-state index contributed by atoms with van der Waals surface area (Å²) in [5, 5.41) is 25.4. The molecule has 0 aliphatic carbocycles. The van der Waals surface area contributed by atoms with E-state index in [0.717, 1.165) is 22.2 Å². The van der Waals surface area contributed by atoms with Crippen molar-refractivity contribution in [2.24, 2.45) is 18.0 Å². The number of hydrogen-bond donors (Lipinski definition) is 3. The van der Waals surface area contributed by atoms with E-state index in [9.17, 15) is 10.2 Å². The third-order valence-electron chi connectivity index (χ3n) is 4.70. The summed E-state index contributed by atoms with van der Waals surface area (Å²) in [5.41, 5.74) is 3.23. The van der Waals surface area contributed by atoms with Crippen LogP contribution in [0.1, 0.15) is 30.9 Å². The summed E-state index contributed by atoms with van der Waals surface area (Å²) in [6, 6.07) is 11.2. The van der Waals surface area contributed by atoms with Crippen molar-refractivity contribution in [1.82, 2.24) is 4.57 Å². The molecular weight excluding hydrogens is 328 g/mol. The largest absolute Gasteiger partial charge is 0.508 e. The molecule has 0 bridgehead atoms. The number of aromatic nitrogens is 1. The molecule has 1 aromatic heterocycles. The second kappa shape index (κ2) is 6.63. The van der Waals surface area contributed by atoms with Gasteiger partial charge in [0.1, 0.15) is 11.5 Å². The zero-order valence-electron chi connectivity index (χ0n) is 15.4. The number of rotatable bonds is 3. The van der Waals surface area contributed by atoms with E-state index in [4.69, 9.17) is 5.84 Å². The van der Waals surface area contributed by atoms with Crippen LogP contribution in [0.15, 0.2) is 47.7 Å². The molecule has 0 spiro atoms. The van der Waals surface area contributed by atoms with E-state index in [2.05, 4.69) is 9.67 Å². The van der Waals surface area contributed by atoms with Crippen molar-refractivity contribution in [1.29, 1.82) is 0 Å². The molecule has 6 heteroatoms. The maximum atomic E-state index is 10.3. The van der Waals surface area contributed by atoms with Crippen LogP contribution in [-0.2, 0) is 7.05 Å². The van der Waals surface area contributed by atoms with Crippen LogP contribution in [0.25, 0.3) is 10.9 Å². The Bertz CT molecular complexity index is 989. The molecular formula is C20H24N4O2. The highest BCUT2D eigenvalue weighted by molar-refractivity contribution is 6.11. The van der Waals surface area contributed by atoms with Gasteiger partial charge in [-0.25, -0.2) is 0 Å². The molecule has 0 saturated heterocycles. The van der Waals surface area contributed by atoms with Crippen molar-refractivity contribution in [3.8, 4) is 11.5 Å². The first-order valence-electron chi connectivity index (χ1n) is 8.46. The van der Waals surface area contributed by atoms with E-state index in [1.54, 1.807) is 6.07 Å². The molecule has 0 radical (unpaired) electrons. The van der Waals surface area contributed by atoms with Crippen molar-refractivity contribution < 1.29 is 10.2 Å². The Morgan fingerprint density at radius 2 is 1.85 bits per heavy atom. The Balaban J connectivity index is 2.06. The number of nitrogens with two attached hydrogens (primary N) is 1. The molecule has 0 saturated carbocycles. The highest BCUT2D eigenvalue weighted by Gasteiger charge is 2.19. The number of phenolic OH excluding ortho intramolecular Hbond substituents is 2. The lowest BCUT2D eigenvalue weighted by Crippen LogP contribution is -2.28. The summed E-state index contributed by atoms with van der Waals surface area (Å²) in [5.74, 6) is 6.17. The Hall–Kier alpha value is -3.15. The van der Waals surface area contributed by atoms with Crippen LogP contribution >= 0.6 is 0 Å². The third-order valence-corrected chi connectivity index (χ3v) is 4.70. The first kappa shape index (κ1) is 17.7. The molecule has 136 valence electrons. The van der Waals surface area contributed by atoms with Gasteiger partial charge in [-0.3, -0.25) is 0 Å². The summed E-state index contributed by atoms with van der Waals surface area (Å²) >= 11 is 0. The minimum atomic E-state index is -0.0660. The number of phenols is 2. The summed E-state index contributed by atoms with van der Waals surface area (Å²) in [6.45, 7) is 3.95. The van der Waals surface area contributed by atoms with Crippen molar-refractivity contribution in [2.45, 2.75) is 19.8 Å². The van der Waals surface area contributed by atoms with Crippen molar-refractivity contribution in [3.63, 3.8) is 0 Å². The van der Waals surface area contributed by atoms with Crippen molar-refractivity contribution in [3.05, 3.63) is 53.7 Å². The molecule has 4 N–H and O–H groups in total. The predicted molar refractivity (Wildman–Crippen MR) is 106 cm³/mol. The normalized spacial score (nSPS) is 12.1. The van der Waals surface area contributed by atoms with Gasteiger partial charge in [-0.1, -0.05) is 13.8 Å². The molecule has 26 heavy (non-hydrogen) atoms. The Morgan fingerprint density at radius 3 is 2.50 bits per heavy atom. The number of hydrazone groups is 1. The topological polar surface area (TPSA) is 87.0 Å². The van der Waals surface area contributed by atoms with E-state index in [1.807, 2.05) is 63.3 Å². The summed E-state index contributed by atoms with van der Waals surface area (Å²) in [4.78, 5) is 1.82. The number of anilines is 1. The number of aromatic hydroxyl groups is 2. The van der Waals surface area contributed by atoms with Crippen LogP contribution in [0.5, 0.6) is 11.5 Å². The predicted octanol–water partition coefficient (Wildman–Crippen LogP) is 3.47. The molecule has 3 rings (SSSR count). The molecule has 1 heterocycles. The number of hydrogen-bond acceptors (Lipinski definition) is 4. The standard InChI is InChI=1S/C20H24N4O2/c1-12(2)15-10-16(19(26)11-18(15)25)20(22-21)24(4)14-5-6-17-13(9-14)7-8-23(17)3/h5-12,25-26H,21H2,1-4H3/b22-20-. The Kier molecular flexibility index (Phi) is 4.50. The molecule has 3 aromatic rings. The van der Waals surface area contributed by atoms with Crippen molar-refractivity contribution >= 4 is 22.4 Å². The van der Waals surface area contributed by atoms with E-state index in [1.165, 1.54) is 6.07 Å². The lowest BCUT2D eigenvalue weighted by atomic mass is 9.98. The molecule has 0 aliphatic rings. The third kappa shape index (κ3) is 2.94. The van der Waals surface area contributed by atoms with Gasteiger partial charge < -0.3 is 25.5 Å². The van der Waals surface area contributed by atoms with Crippen LogP contribution < -0.4 is 10.7 Å². The summed E-state index contributed by atoms with van der Waals surface area (Å²) < 4.78 is 2.05. The van der Waals surface area contributed by atoms with Gasteiger partial charge in [0.25, 0.3) is 0 Å². The second-order valence-electron chi connectivity index (χ2n) is 6.76. The first-order valence-corrected chi connectivity index (χ1v) is 8.46. The lowest BCUT2D eigenvalue weighted by molar-refractivity contribution is 0.443. The Morgan fingerprint density at radius 1 is 1.12 bits per heavy atom. The van der Waals surface area contributed by atoms with E-state index >= 15 is 0 Å². The summed E-state index contributed by atoms with van der Waals surface area (Å²) in [7, 11) is 3.84. The van der Waals surface area contributed by atoms with Gasteiger partial charge in [0.05, 0.1) is 5.56 Å². The first-order chi connectivity index (χ1) is 12.3. The Labute approximate surface area is 152 Å². The average Bonchev–Trinajstić information content (AvgIpc) is 2.97. The highest BCUT2D eigenvalue weighted by atomic mass is 16.3. The van der Waals surface area contributed by atoms with E-state index in [0.29, 0.717) is 11.4 Å². The van der Waals surface area contributed by atoms with Gasteiger partial charge in [0.2, 0.25) is 0 Å². The zero-order valence-corrected chi connectivity index (χ0v) is 15.4. The van der Waals surface area contributed by atoms with Gasteiger partial charge in [-0.2, -0.15) is 5.10 Å². The average molecular weight is 352 g/mol. The van der Waals surface area contributed by atoms with Gasteiger partial charge in [-0.15, -0.1) is 0 Å². The van der Waals surface area contributed by atoms with Crippen LogP contribution in [-0.4, -0.2) is 27.7 Å². The fourth-order valence-electron chi connectivity index (χ4n) is 3.17. The van der Waals surface area contributed by atoms with Crippen LogP contribution in [0.4, 0.5) is 5.69 Å². The fraction of sp³-hybridized carbons (Fsp3) is 0.250. The molecule has 0 atom stereocenters. The SMILES string of the molecule is CC(C)c1cc(/C(=N/N)N(C)c2ccc3c(ccn3C)c2)c(O)cc1O. The maximum absolute atomic E-state index is 10.3. The maximum Gasteiger partial charge on any atom is 0.163 e. The number of fused-ring (bicyclic) bond motifs is 1. The quantitative estimate of drug-likeness (QED) is 0.291. The number of nitrogens with zero attached hydrogens (tertiary/aromatic N) is 3.